The van der Waals surface area contributed by atoms with E-state index in [2.05, 4.69) is 5.32 Å². The zero-order valence-electron chi connectivity index (χ0n) is 10.8. The van der Waals surface area contributed by atoms with Gasteiger partial charge in [-0.3, -0.25) is 4.79 Å². The fourth-order valence-electron chi connectivity index (χ4n) is 2.70. The van der Waals surface area contributed by atoms with E-state index < -0.39 is 0 Å². The molecular weight excluding hydrogens is 232 g/mol. The van der Waals surface area contributed by atoms with E-state index in [0.29, 0.717) is 32.4 Å². The minimum Gasteiger partial charge on any atom is -0.376 e. The van der Waals surface area contributed by atoms with Crippen molar-refractivity contribution in [2.75, 3.05) is 32.9 Å². The molecule has 0 radical (unpaired) electrons. The predicted molar refractivity (Wildman–Crippen MR) is 66.3 cm³/mol. The van der Waals surface area contributed by atoms with Gasteiger partial charge in [0.2, 0.25) is 5.91 Å². The molecule has 2 unspecified atom stereocenters. The van der Waals surface area contributed by atoms with Crippen LogP contribution in [-0.2, 0) is 14.3 Å². The summed E-state index contributed by atoms with van der Waals surface area (Å²) < 4.78 is 11.0. The van der Waals surface area contributed by atoms with Gasteiger partial charge >= 0.3 is 0 Å². The second kappa shape index (κ2) is 5.55. The molecule has 5 heteroatoms. The number of carbonyl (C=O) groups excluding carboxylic acids is 1. The van der Waals surface area contributed by atoms with E-state index in [0.717, 1.165) is 19.4 Å². The molecule has 3 aliphatic rings. The number of nitrogens with zero attached hydrogens (tertiary/aromatic N) is 1. The summed E-state index contributed by atoms with van der Waals surface area (Å²) in [5.41, 5.74) is 0. The Hall–Kier alpha value is -0.650. The van der Waals surface area contributed by atoms with Gasteiger partial charge in [0.1, 0.15) is 0 Å². The predicted octanol–water partition coefficient (Wildman–Crippen LogP) is 0.145. The average molecular weight is 254 g/mol. The molecule has 0 bridgehead atoms. The maximum atomic E-state index is 12.3. The number of ether oxygens (including phenoxy) is 2. The summed E-state index contributed by atoms with van der Waals surface area (Å²) in [4.78, 5) is 14.3. The number of likely N-dealkylation sites (tertiary alicyclic amines) is 1. The molecular formula is C13H22N2O3. The highest BCUT2D eigenvalue weighted by molar-refractivity contribution is 5.82. The van der Waals surface area contributed by atoms with Gasteiger partial charge < -0.3 is 19.7 Å². The molecule has 1 saturated carbocycles. The number of amides is 1. The molecule has 2 aliphatic heterocycles. The Morgan fingerprint density at radius 1 is 1.28 bits per heavy atom. The number of nitrogens with one attached hydrogen (secondary N) is 1. The first-order valence-corrected chi connectivity index (χ1v) is 7.07. The summed E-state index contributed by atoms with van der Waals surface area (Å²) in [6.45, 7) is 3.49. The summed E-state index contributed by atoms with van der Waals surface area (Å²) in [6.07, 6.45) is 4.58. The van der Waals surface area contributed by atoms with Crippen LogP contribution in [0.3, 0.4) is 0 Å². The van der Waals surface area contributed by atoms with Crippen molar-refractivity contribution < 1.29 is 14.3 Å². The molecule has 2 saturated heterocycles. The van der Waals surface area contributed by atoms with Crippen LogP contribution in [0.2, 0.25) is 0 Å². The van der Waals surface area contributed by atoms with Crippen LogP contribution in [0.25, 0.3) is 0 Å². The van der Waals surface area contributed by atoms with Gasteiger partial charge in [-0.2, -0.15) is 0 Å². The van der Waals surface area contributed by atoms with E-state index in [9.17, 15) is 4.79 Å². The van der Waals surface area contributed by atoms with Gasteiger partial charge in [-0.1, -0.05) is 0 Å². The fraction of sp³-hybridized carbons (Fsp3) is 0.923. The third-order valence-electron chi connectivity index (χ3n) is 3.85. The lowest BCUT2D eigenvalue weighted by atomic mass is 10.0. The Balaban J connectivity index is 1.51. The Morgan fingerprint density at radius 2 is 2.17 bits per heavy atom. The first kappa shape index (κ1) is 12.4. The van der Waals surface area contributed by atoms with Gasteiger partial charge in [-0.25, -0.2) is 0 Å². The lowest BCUT2D eigenvalue weighted by Crippen LogP contribution is -2.54. The monoisotopic (exact) mass is 254 g/mol. The molecule has 0 aromatic rings. The number of hydrogen-bond acceptors (Lipinski definition) is 4. The lowest BCUT2D eigenvalue weighted by Gasteiger charge is -2.36. The Kier molecular flexibility index (Phi) is 3.82. The first-order valence-electron chi connectivity index (χ1n) is 7.07. The largest absolute Gasteiger partial charge is 0.376 e. The zero-order chi connectivity index (χ0) is 12.4. The van der Waals surface area contributed by atoms with Crippen LogP contribution in [0.5, 0.6) is 0 Å². The average Bonchev–Trinajstić information content (AvgIpc) is 3.20. The topological polar surface area (TPSA) is 50.8 Å². The Labute approximate surface area is 108 Å². The molecule has 5 nitrogen and oxygen atoms in total. The van der Waals surface area contributed by atoms with Crippen molar-refractivity contribution >= 4 is 5.91 Å². The lowest BCUT2D eigenvalue weighted by molar-refractivity contribution is -0.143. The molecule has 0 aromatic heterocycles. The molecule has 3 rings (SSSR count). The minimum atomic E-state index is 0.0377. The molecule has 1 amide bonds. The van der Waals surface area contributed by atoms with Crippen molar-refractivity contribution in [3.8, 4) is 0 Å². The van der Waals surface area contributed by atoms with Crippen molar-refractivity contribution in [1.82, 2.24) is 10.2 Å². The number of hydrogen-bond donors (Lipinski definition) is 1. The van der Waals surface area contributed by atoms with Gasteiger partial charge in [0.25, 0.3) is 0 Å². The van der Waals surface area contributed by atoms with Crippen LogP contribution in [0, 0.1) is 0 Å². The number of rotatable bonds is 4. The van der Waals surface area contributed by atoms with Crippen LogP contribution < -0.4 is 5.32 Å². The third kappa shape index (κ3) is 3.02. The van der Waals surface area contributed by atoms with E-state index in [1.165, 1.54) is 12.8 Å². The van der Waals surface area contributed by atoms with E-state index in [1.54, 1.807) is 0 Å². The molecule has 2 atom stereocenters. The maximum absolute atomic E-state index is 12.3. The Morgan fingerprint density at radius 3 is 2.89 bits per heavy atom. The summed E-state index contributed by atoms with van der Waals surface area (Å²) in [5.74, 6) is 0.252. The number of piperidine rings is 1. The second-order valence-corrected chi connectivity index (χ2v) is 5.49. The van der Waals surface area contributed by atoms with E-state index in [-0.39, 0.29) is 18.1 Å². The molecule has 0 spiro atoms. The summed E-state index contributed by atoms with van der Waals surface area (Å²) in [6, 6.07) is 0.629. The zero-order valence-corrected chi connectivity index (χ0v) is 10.8. The van der Waals surface area contributed by atoms with Crippen molar-refractivity contribution in [1.29, 1.82) is 0 Å². The number of carbonyl (C=O) groups is 1. The molecule has 3 fully saturated rings. The van der Waals surface area contributed by atoms with Crippen molar-refractivity contribution in [2.24, 2.45) is 0 Å². The second-order valence-electron chi connectivity index (χ2n) is 5.49. The summed E-state index contributed by atoms with van der Waals surface area (Å²) in [7, 11) is 0. The minimum absolute atomic E-state index is 0.0377. The van der Waals surface area contributed by atoms with Gasteiger partial charge in [0, 0.05) is 19.1 Å². The molecule has 2 heterocycles. The SMILES string of the molecule is O=C1C(NC2CC2)CCCN1CC1COCCO1. The highest BCUT2D eigenvalue weighted by atomic mass is 16.6. The molecule has 18 heavy (non-hydrogen) atoms. The van der Waals surface area contributed by atoms with Crippen LogP contribution in [0.1, 0.15) is 25.7 Å². The van der Waals surface area contributed by atoms with Crippen LogP contribution in [0.4, 0.5) is 0 Å². The van der Waals surface area contributed by atoms with E-state index in [1.807, 2.05) is 4.90 Å². The van der Waals surface area contributed by atoms with Crippen LogP contribution in [-0.4, -0.2) is 61.9 Å². The summed E-state index contributed by atoms with van der Waals surface area (Å²) in [5, 5.41) is 3.45. The smallest absolute Gasteiger partial charge is 0.239 e. The van der Waals surface area contributed by atoms with Gasteiger partial charge in [0.05, 0.1) is 32.0 Å². The quantitative estimate of drug-likeness (QED) is 0.775. The molecule has 1 N–H and O–H groups in total. The molecule has 1 aliphatic carbocycles. The molecule has 0 aromatic carbocycles. The van der Waals surface area contributed by atoms with Crippen LogP contribution in [0.15, 0.2) is 0 Å². The van der Waals surface area contributed by atoms with E-state index >= 15 is 0 Å². The van der Waals surface area contributed by atoms with Gasteiger partial charge in [0.15, 0.2) is 0 Å². The maximum Gasteiger partial charge on any atom is 0.239 e. The van der Waals surface area contributed by atoms with Crippen molar-refractivity contribution in [2.45, 2.75) is 43.9 Å². The third-order valence-corrected chi connectivity index (χ3v) is 3.85. The van der Waals surface area contributed by atoms with Gasteiger partial charge in [-0.05, 0) is 25.7 Å². The van der Waals surface area contributed by atoms with E-state index in [4.69, 9.17) is 9.47 Å². The van der Waals surface area contributed by atoms with Crippen LogP contribution >= 0.6 is 0 Å². The van der Waals surface area contributed by atoms with Gasteiger partial charge in [-0.15, -0.1) is 0 Å². The fourth-order valence-corrected chi connectivity index (χ4v) is 2.70. The highest BCUT2D eigenvalue weighted by Crippen LogP contribution is 2.22. The highest BCUT2D eigenvalue weighted by Gasteiger charge is 2.34. The normalized spacial score (nSPS) is 33.8. The Bertz CT molecular complexity index is 301. The van der Waals surface area contributed by atoms with Crippen molar-refractivity contribution in [3.05, 3.63) is 0 Å². The summed E-state index contributed by atoms with van der Waals surface area (Å²) >= 11 is 0. The van der Waals surface area contributed by atoms with Crippen molar-refractivity contribution in [3.63, 3.8) is 0 Å². The standard InChI is InChI=1S/C13H22N2O3/c16-13-12(14-10-3-4-10)2-1-5-15(13)8-11-9-17-6-7-18-11/h10-12,14H,1-9H2. The molecule has 102 valence electrons. The first-order chi connectivity index (χ1) is 8.83.